The maximum atomic E-state index is 6.00. The molecule has 0 heterocycles. The van der Waals surface area contributed by atoms with Crippen molar-refractivity contribution in [1.29, 1.82) is 0 Å². The van der Waals surface area contributed by atoms with E-state index in [-0.39, 0.29) is 18.3 Å². The summed E-state index contributed by atoms with van der Waals surface area (Å²) in [4.78, 5) is 0. The summed E-state index contributed by atoms with van der Waals surface area (Å²) in [6.07, 6.45) is -0.488. The van der Waals surface area contributed by atoms with Crippen LogP contribution in [-0.2, 0) is 27.5 Å². The fraction of sp³-hybridized carbons (Fsp3) is 0.857. The highest BCUT2D eigenvalue weighted by Crippen LogP contribution is 2.19. The predicted molar refractivity (Wildman–Crippen MR) is 83.2 cm³/mol. The highest BCUT2D eigenvalue weighted by atomic mass is 28.4. The van der Waals surface area contributed by atoms with E-state index < -0.39 is 8.80 Å². The van der Waals surface area contributed by atoms with Crippen LogP contribution in [0.5, 0.6) is 0 Å². The topological polar surface area (TPSA) is 55.4 Å². The Morgan fingerprint density at radius 3 is 1.24 bits per heavy atom. The van der Waals surface area contributed by atoms with Gasteiger partial charge in [0.25, 0.3) is 0 Å². The van der Waals surface area contributed by atoms with E-state index in [1.807, 2.05) is 20.8 Å². The lowest BCUT2D eigenvalue weighted by molar-refractivity contribution is -0.0419. The summed E-state index contributed by atoms with van der Waals surface area (Å²) < 4.78 is 33.3. The molecule has 0 radical (unpaired) electrons. The second kappa shape index (κ2) is 11.3. The quantitative estimate of drug-likeness (QED) is 0.482. The summed E-state index contributed by atoms with van der Waals surface area (Å²) in [6, 6.07) is 0. The molecule has 3 atom stereocenters. The summed E-state index contributed by atoms with van der Waals surface area (Å²) in [7, 11) is 1.83. The fourth-order valence-electron chi connectivity index (χ4n) is 1.88. The van der Waals surface area contributed by atoms with Crippen molar-refractivity contribution in [2.24, 2.45) is 0 Å². The molecule has 126 valence electrons. The molecule has 0 saturated heterocycles. The second-order valence-corrected chi connectivity index (χ2v) is 7.28. The van der Waals surface area contributed by atoms with Crippen molar-refractivity contribution in [3.8, 4) is 0 Å². The second-order valence-electron chi connectivity index (χ2n) is 4.96. The minimum absolute atomic E-state index is 0.163. The molecule has 0 rings (SSSR count). The maximum absolute atomic E-state index is 6.00. The van der Waals surface area contributed by atoms with Crippen LogP contribution in [0.15, 0.2) is 12.3 Å². The van der Waals surface area contributed by atoms with E-state index in [2.05, 4.69) is 6.58 Å². The molecule has 0 bridgehead atoms. The third-order valence-electron chi connectivity index (χ3n) is 2.55. The molecule has 7 heteroatoms. The molecule has 6 nitrogen and oxygen atoms in total. The molecule has 0 N–H and O–H groups in total. The first-order chi connectivity index (χ1) is 9.92. The van der Waals surface area contributed by atoms with Crippen molar-refractivity contribution in [2.45, 2.75) is 39.1 Å². The van der Waals surface area contributed by atoms with Gasteiger partial charge in [0.05, 0.1) is 38.1 Å². The third kappa shape index (κ3) is 8.67. The lowest BCUT2D eigenvalue weighted by Gasteiger charge is -2.33. The molecule has 0 spiro atoms. The van der Waals surface area contributed by atoms with Crippen molar-refractivity contribution in [3.63, 3.8) is 0 Å². The van der Waals surface area contributed by atoms with Gasteiger partial charge in [0.2, 0.25) is 0 Å². The lowest BCUT2D eigenvalue weighted by atomic mass is 10.4. The zero-order chi connectivity index (χ0) is 16.3. The van der Waals surface area contributed by atoms with Crippen LogP contribution in [0.4, 0.5) is 0 Å². The molecular formula is C14H30O6Si. The number of rotatable bonds is 13. The van der Waals surface area contributed by atoms with Crippen molar-refractivity contribution in [2.75, 3.05) is 41.2 Å². The Balaban J connectivity index is 4.93. The fourth-order valence-corrected chi connectivity index (χ4v) is 4.22. The van der Waals surface area contributed by atoms with E-state index in [1.165, 1.54) is 0 Å². The summed E-state index contributed by atoms with van der Waals surface area (Å²) in [6.45, 7) is 10.9. The lowest BCUT2D eigenvalue weighted by Crippen LogP contribution is -2.52. The highest BCUT2D eigenvalue weighted by molar-refractivity contribution is 6.66. The minimum Gasteiger partial charge on any atom is -0.382 e. The van der Waals surface area contributed by atoms with Gasteiger partial charge in [0, 0.05) is 21.3 Å². The molecule has 0 amide bonds. The Hall–Kier alpha value is -0.283. The van der Waals surface area contributed by atoms with Crippen LogP contribution in [0, 0.1) is 0 Å². The Labute approximate surface area is 129 Å². The van der Waals surface area contributed by atoms with Gasteiger partial charge in [-0.1, -0.05) is 6.58 Å². The molecule has 21 heavy (non-hydrogen) atoms. The van der Waals surface area contributed by atoms with E-state index in [0.29, 0.717) is 19.8 Å². The van der Waals surface area contributed by atoms with Gasteiger partial charge in [0.1, 0.15) is 0 Å². The standard InChI is InChI=1S/C14H30O6Si/c1-8-21(18-12(2)9-15-5,19-13(3)10-16-6)20-14(4)11-17-7/h8,12-14H,1,9-11H2,2-7H3. The van der Waals surface area contributed by atoms with E-state index in [0.717, 1.165) is 0 Å². The molecule has 0 aliphatic rings. The zero-order valence-electron chi connectivity index (χ0n) is 14.1. The molecule has 0 aromatic carbocycles. The molecule has 0 aromatic heterocycles. The summed E-state index contributed by atoms with van der Waals surface area (Å²) >= 11 is 0. The maximum Gasteiger partial charge on any atom is 0.529 e. The van der Waals surface area contributed by atoms with Crippen molar-refractivity contribution in [3.05, 3.63) is 12.3 Å². The molecule has 0 aliphatic heterocycles. The predicted octanol–water partition coefficient (Wildman–Crippen LogP) is 1.80. The van der Waals surface area contributed by atoms with Gasteiger partial charge >= 0.3 is 8.80 Å². The average Bonchev–Trinajstić information content (AvgIpc) is 2.39. The van der Waals surface area contributed by atoms with Gasteiger partial charge in [-0.15, -0.1) is 0 Å². The van der Waals surface area contributed by atoms with Gasteiger partial charge in [-0.3, -0.25) is 0 Å². The Morgan fingerprint density at radius 1 is 0.762 bits per heavy atom. The van der Waals surface area contributed by atoms with Gasteiger partial charge in [-0.05, 0) is 26.5 Å². The van der Waals surface area contributed by atoms with E-state index in [4.69, 9.17) is 27.5 Å². The third-order valence-corrected chi connectivity index (χ3v) is 5.24. The first-order valence-corrected chi connectivity index (χ1v) is 8.87. The summed E-state index contributed by atoms with van der Waals surface area (Å²) in [5.74, 6) is 0. The van der Waals surface area contributed by atoms with Crippen LogP contribution in [0.3, 0.4) is 0 Å². The smallest absolute Gasteiger partial charge is 0.382 e. The normalized spacial score (nSPS) is 18.8. The van der Waals surface area contributed by atoms with Crippen LogP contribution >= 0.6 is 0 Å². The highest BCUT2D eigenvalue weighted by Gasteiger charge is 2.43. The Bertz CT molecular complexity index is 240. The molecule has 0 saturated carbocycles. The van der Waals surface area contributed by atoms with E-state index >= 15 is 0 Å². The number of hydrogen-bond donors (Lipinski definition) is 0. The van der Waals surface area contributed by atoms with Crippen LogP contribution in [0.1, 0.15) is 20.8 Å². The van der Waals surface area contributed by atoms with E-state index in [9.17, 15) is 0 Å². The van der Waals surface area contributed by atoms with Crippen molar-refractivity contribution < 1.29 is 27.5 Å². The molecular weight excluding hydrogens is 292 g/mol. The summed E-state index contributed by atoms with van der Waals surface area (Å²) in [5.41, 5.74) is 1.64. The monoisotopic (exact) mass is 322 g/mol. The van der Waals surface area contributed by atoms with Crippen LogP contribution in [-0.4, -0.2) is 68.3 Å². The first kappa shape index (κ1) is 20.7. The molecule has 0 aromatic rings. The first-order valence-electron chi connectivity index (χ1n) is 7.06. The van der Waals surface area contributed by atoms with E-state index in [1.54, 1.807) is 27.0 Å². The molecule has 0 aliphatic carbocycles. The zero-order valence-corrected chi connectivity index (χ0v) is 15.1. The number of hydrogen-bond acceptors (Lipinski definition) is 6. The molecule has 3 unspecified atom stereocenters. The van der Waals surface area contributed by atoms with Gasteiger partial charge in [-0.25, -0.2) is 0 Å². The van der Waals surface area contributed by atoms with Crippen LogP contribution < -0.4 is 0 Å². The molecule has 0 fully saturated rings. The van der Waals surface area contributed by atoms with Gasteiger partial charge < -0.3 is 27.5 Å². The SMILES string of the molecule is C=C[Si](OC(C)COC)(OC(C)COC)OC(C)COC. The van der Waals surface area contributed by atoms with Crippen LogP contribution in [0.2, 0.25) is 0 Å². The Kier molecular flexibility index (Phi) is 11.2. The number of methoxy groups -OCH3 is 3. The van der Waals surface area contributed by atoms with Crippen molar-refractivity contribution in [1.82, 2.24) is 0 Å². The average molecular weight is 322 g/mol. The number of ether oxygens (including phenoxy) is 3. The largest absolute Gasteiger partial charge is 0.529 e. The minimum atomic E-state index is -3.05. The van der Waals surface area contributed by atoms with Gasteiger partial charge in [-0.2, -0.15) is 0 Å². The Morgan fingerprint density at radius 2 is 1.05 bits per heavy atom. The van der Waals surface area contributed by atoms with Crippen LogP contribution in [0.25, 0.3) is 0 Å². The van der Waals surface area contributed by atoms with Crippen molar-refractivity contribution >= 4 is 8.80 Å². The van der Waals surface area contributed by atoms with Gasteiger partial charge in [0.15, 0.2) is 0 Å². The summed E-state index contributed by atoms with van der Waals surface area (Å²) in [5, 5.41) is 0.